The summed E-state index contributed by atoms with van der Waals surface area (Å²) in [6.07, 6.45) is 0.0180. The van der Waals surface area contributed by atoms with Gasteiger partial charge in [0.1, 0.15) is 5.75 Å². The molecule has 0 N–H and O–H groups in total. The van der Waals surface area contributed by atoms with E-state index in [-0.39, 0.29) is 24.7 Å². The number of ketones is 1. The van der Waals surface area contributed by atoms with Gasteiger partial charge in [0.2, 0.25) is 5.91 Å². The lowest BCUT2D eigenvalue weighted by Gasteiger charge is -2.18. The number of Topliss-reactive ketones (excluding diaryl/α,β-unsaturated/α-hetero) is 1. The van der Waals surface area contributed by atoms with Gasteiger partial charge in [0.25, 0.3) is 0 Å². The van der Waals surface area contributed by atoms with Crippen LogP contribution in [0, 0.1) is 13.8 Å². The van der Waals surface area contributed by atoms with Gasteiger partial charge in [0, 0.05) is 5.69 Å². The number of aryl methyl sites for hydroxylation is 2. The average Bonchev–Trinajstić information content (AvgIpc) is 2.57. The van der Waals surface area contributed by atoms with Crippen LogP contribution in [0.2, 0.25) is 0 Å². The van der Waals surface area contributed by atoms with E-state index in [9.17, 15) is 9.59 Å². The predicted molar refractivity (Wildman–Crippen MR) is 64.4 cm³/mol. The number of anilines is 1. The van der Waals surface area contributed by atoms with Gasteiger partial charge in [-0.05, 0) is 37.1 Å². The van der Waals surface area contributed by atoms with Crippen LogP contribution in [0.15, 0.2) is 12.1 Å². The Labute approximate surface area is 100 Å². The Kier molecular flexibility index (Phi) is 2.88. The lowest BCUT2D eigenvalue weighted by Crippen LogP contribution is -2.24. The van der Waals surface area contributed by atoms with Crippen LogP contribution in [0.1, 0.15) is 17.5 Å². The number of rotatable bonds is 2. The van der Waals surface area contributed by atoms with E-state index in [4.69, 9.17) is 4.74 Å². The summed E-state index contributed by atoms with van der Waals surface area (Å²) < 4.78 is 5.27. The summed E-state index contributed by atoms with van der Waals surface area (Å²) in [7, 11) is 1.62. The molecule has 1 aliphatic rings. The molecule has 1 fully saturated rings. The van der Waals surface area contributed by atoms with E-state index in [1.165, 1.54) is 4.90 Å². The third-order valence-electron chi connectivity index (χ3n) is 2.94. The molecule has 1 saturated heterocycles. The molecule has 1 amide bonds. The van der Waals surface area contributed by atoms with Crippen molar-refractivity contribution in [3.63, 3.8) is 0 Å². The van der Waals surface area contributed by atoms with E-state index in [0.29, 0.717) is 0 Å². The molecular weight excluding hydrogens is 218 g/mol. The summed E-state index contributed by atoms with van der Waals surface area (Å²) in [4.78, 5) is 24.4. The lowest BCUT2D eigenvalue weighted by atomic mass is 10.1. The lowest BCUT2D eigenvalue weighted by molar-refractivity contribution is -0.121. The fourth-order valence-corrected chi connectivity index (χ4v) is 2.23. The smallest absolute Gasteiger partial charge is 0.234 e. The van der Waals surface area contributed by atoms with E-state index in [0.717, 1.165) is 22.6 Å². The first-order valence-corrected chi connectivity index (χ1v) is 5.50. The molecule has 0 spiro atoms. The van der Waals surface area contributed by atoms with Crippen molar-refractivity contribution in [1.82, 2.24) is 0 Å². The number of ether oxygens (including phenoxy) is 1. The van der Waals surface area contributed by atoms with Gasteiger partial charge in [-0.2, -0.15) is 0 Å². The normalized spacial score (nSPS) is 15.6. The minimum Gasteiger partial charge on any atom is -0.496 e. The number of methoxy groups -OCH3 is 1. The zero-order chi connectivity index (χ0) is 12.6. The largest absolute Gasteiger partial charge is 0.496 e. The SMILES string of the molecule is COc1c(C)cc(N2CC(=O)CC2=O)cc1C. The van der Waals surface area contributed by atoms with Crippen LogP contribution in [0.3, 0.4) is 0 Å². The predicted octanol–water partition coefficient (Wildman–Crippen LogP) is 1.62. The Morgan fingerprint density at radius 1 is 1.18 bits per heavy atom. The molecule has 0 unspecified atom stereocenters. The Bertz CT molecular complexity index is 470. The number of nitrogens with zero attached hydrogens (tertiary/aromatic N) is 1. The quantitative estimate of drug-likeness (QED) is 0.729. The van der Waals surface area contributed by atoms with Gasteiger partial charge in [-0.3, -0.25) is 9.59 Å². The molecule has 1 aromatic rings. The molecule has 0 saturated carbocycles. The fraction of sp³-hybridized carbons (Fsp3) is 0.385. The summed E-state index contributed by atoms with van der Waals surface area (Å²) >= 11 is 0. The average molecular weight is 233 g/mol. The minimum absolute atomic E-state index is 0.0180. The molecule has 0 radical (unpaired) electrons. The Morgan fingerprint density at radius 3 is 2.18 bits per heavy atom. The molecule has 1 aliphatic heterocycles. The molecule has 17 heavy (non-hydrogen) atoms. The maximum Gasteiger partial charge on any atom is 0.234 e. The Morgan fingerprint density at radius 2 is 1.76 bits per heavy atom. The first-order valence-electron chi connectivity index (χ1n) is 5.50. The number of amides is 1. The monoisotopic (exact) mass is 233 g/mol. The number of carbonyl (C=O) groups excluding carboxylic acids is 2. The summed E-state index contributed by atoms with van der Waals surface area (Å²) in [6, 6.07) is 3.75. The highest BCUT2D eigenvalue weighted by atomic mass is 16.5. The van der Waals surface area contributed by atoms with Gasteiger partial charge in [-0.15, -0.1) is 0 Å². The summed E-state index contributed by atoms with van der Waals surface area (Å²) in [5.74, 6) is 0.673. The first kappa shape index (κ1) is 11.6. The molecule has 1 aromatic carbocycles. The van der Waals surface area contributed by atoms with Gasteiger partial charge >= 0.3 is 0 Å². The third-order valence-corrected chi connectivity index (χ3v) is 2.94. The summed E-state index contributed by atoms with van der Waals surface area (Å²) in [5, 5.41) is 0. The van der Waals surface area contributed by atoms with Crippen molar-refractivity contribution in [1.29, 1.82) is 0 Å². The van der Waals surface area contributed by atoms with Crippen molar-refractivity contribution in [2.24, 2.45) is 0 Å². The van der Waals surface area contributed by atoms with E-state index in [1.807, 2.05) is 26.0 Å². The van der Waals surface area contributed by atoms with E-state index in [1.54, 1.807) is 7.11 Å². The first-order chi connectivity index (χ1) is 8.02. The van der Waals surface area contributed by atoms with Crippen molar-refractivity contribution >= 4 is 17.4 Å². The van der Waals surface area contributed by atoms with Crippen LogP contribution in [-0.4, -0.2) is 25.3 Å². The minimum atomic E-state index is -0.126. The van der Waals surface area contributed by atoms with Crippen molar-refractivity contribution in [3.05, 3.63) is 23.3 Å². The zero-order valence-corrected chi connectivity index (χ0v) is 10.2. The van der Waals surface area contributed by atoms with Gasteiger partial charge in [-0.25, -0.2) is 0 Å². The van der Waals surface area contributed by atoms with Crippen LogP contribution in [0.25, 0.3) is 0 Å². The van der Waals surface area contributed by atoms with Gasteiger partial charge in [0.15, 0.2) is 5.78 Å². The van der Waals surface area contributed by atoms with E-state index < -0.39 is 0 Å². The van der Waals surface area contributed by atoms with Crippen LogP contribution in [0.5, 0.6) is 5.75 Å². The standard InChI is InChI=1S/C13H15NO3/c1-8-4-10(5-9(2)13(8)17-3)14-7-11(15)6-12(14)16/h4-5H,6-7H2,1-3H3. The molecule has 4 heteroatoms. The molecule has 0 aliphatic carbocycles. The van der Waals surface area contributed by atoms with Crippen LogP contribution in [0.4, 0.5) is 5.69 Å². The third kappa shape index (κ3) is 2.02. The second-order valence-corrected chi connectivity index (χ2v) is 4.31. The van der Waals surface area contributed by atoms with Crippen LogP contribution in [-0.2, 0) is 9.59 Å². The van der Waals surface area contributed by atoms with E-state index in [2.05, 4.69) is 0 Å². The maximum atomic E-state index is 11.6. The van der Waals surface area contributed by atoms with E-state index >= 15 is 0 Å². The molecule has 0 aromatic heterocycles. The number of hydrogen-bond donors (Lipinski definition) is 0. The van der Waals surface area contributed by atoms with Crippen LogP contribution < -0.4 is 9.64 Å². The second kappa shape index (κ2) is 4.20. The highest BCUT2D eigenvalue weighted by Crippen LogP contribution is 2.30. The zero-order valence-electron chi connectivity index (χ0n) is 10.2. The molecule has 0 bridgehead atoms. The van der Waals surface area contributed by atoms with Crippen molar-refractivity contribution in [2.75, 3.05) is 18.6 Å². The number of hydrogen-bond acceptors (Lipinski definition) is 3. The van der Waals surface area contributed by atoms with Crippen molar-refractivity contribution in [3.8, 4) is 5.75 Å². The summed E-state index contributed by atoms with van der Waals surface area (Å²) in [5.41, 5.74) is 2.71. The highest BCUT2D eigenvalue weighted by Gasteiger charge is 2.29. The van der Waals surface area contributed by atoms with Crippen molar-refractivity contribution in [2.45, 2.75) is 20.3 Å². The fourth-order valence-electron chi connectivity index (χ4n) is 2.23. The van der Waals surface area contributed by atoms with Gasteiger partial charge in [-0.1, -0.05) is 0 Å². The molecule has 90 valence electrons. The Balaban J connectivity index is 2.41. The molecular formula is C13H15NO3. The Hall–Kier alpha value is -1.84. The molecule has 2 rings (SSSR count). The molecule has 1 heterocycles. The number of benzene rings is 1. The van der Waals surface area contributed by atoms with Crippen LogP contribution >= 0.6 is 0 Å². The summed E-state index contributed by atoms with van der Waals surface area (Å²) in [6.45, 7) is 4.04. The van der Waals surface area contributed by atoms with Gasteiger partial charge in [0.05, 0.1) is 20.1 Å². The topological polar surface area (TPSA) is 46.6 Å². The molecule has 0 atom stereocenters. The maximum absolute atomic E-state index is 11.6. The molecule has 4 nitrogen and oxygen atoms in total. The second-order valence-electron chi connectivity index (χ2n) is 4.31. The van der Waals surface area contributed by atoms with Crippen molar-refractivity contribution < 1.29 is 14.3 Å². The van der Waals surface area contributed by atoms with Gasteiger partial charge < -0.3 is 9.64 Å². The number of carbonyl (C=O) groups is 2. The highest BCUT2D eigenvalue weighted by molar-refractivity contribution is 6.15.